The van der Waals surface area contributed by atoms with Crippen molar-refractivity contribution >= 4 is 13.9 Å². The summed E-state index contributed by atoms with van der Waals surface area (Å²) in [5.74, 6) is 0.830. The Bertz CT molecular complexity index is 780. The fourth-order valence-electron chi connectivity index (χ4n) is 2.71. The standard InChI is InChI=1S/C20H33BN6O3/c1-5-6-7-17-18(29-12-15(22)11-27(4)21)8-14(20(28)25-3)9-19(17)30-13-16(26-23)10-24-2/h8-11,23-24H,5-7,12-13,21-22H2,1-4H3,(H,25,28)/b15-11-,16-10-,26-23?. The van der Waals surface area contributed by atoms with Crippen LogP contribution in [-0.2, 0) is 6.42 Å². The predicted molar refractivity (Wildman–Crippen MR) is 120 cm³/mol. The second kappa shape index (κ2) is 13.1. The van der Waals surface area contributed by atoms with Gasteiger partial charge in [0.25, 0.3) is 5.91 Å². The van der Waals surface area contributed by atoms with E-state index in [1.807, 2.05) is 19.8 Å². The Labute approximate surface area is 179 Å². The number of nitrogens with two attached hydrogens (primary N) is 1. The number of hydrogen-bond acceptors (Lipinski definition) is 8. The lowest BCUT2D eigenvalue weighted by molar-refractivity contribution is 0.0962. The van der Waals surface area contributed by atoms with Crippen LogP contribution in [0, 0.1) is 5.53 Å². The van der Waals surface area contributed by atoms with Crippen LogP contribution >= 0.6 is 0 Å². The van der Waals surface area contributed by atoms with E-state index >= 15 is 0 Å². The lowest BCUT2D eigenvalue weighted by Crippen LogP contribution is -2.19. The molecule has 10 heteroatoms. The first-order chi connectivity index (χ1) is 14.4. The highest BCUT2D eigenvalue weighted by Crippen LogP contribution is 2.33. The Morgan fingerprint density at radius 3 is 2.43 bits per heavy atom. The van der Waals surface area contributed by atoms with Gasteiger partial charge in [0, 0.05) is 37.6 Å². The van der Waals surface area contributed by atoms with Crippen LogP contribution in [0.5, 0.6) is 11.5 Å². The van der Waals surface area contributed by atoms with Gasteiger partial charge in [-0.3, -0.25) is 4.79 Å². The summed E-state index contributed by atoms with van der Waals surface area (Å²) in [5, 5.41) is 8.91. The summed E-state index contributed by atoms with van der Waals surface area (Å²) in [6.07, 6.45) is 6.00. The molecular formula is C20H33BN6O3. The Kier molecular flexibility index (Phi) is 10.9. The minimum atomic E-state index is -0.250. The number of unbranched alkanes of at least 4 members (excludes halogenated alkanes) is 1. The highest BCUT2D eigenvalue weighted by atomic mass is 16.5. The minimum Gasteiger partial charge on any atom is -0.487 e. The molecule has 0 aliphatic rings. The molecule has 1 amide bonds. The van der Waals surface area contributed by atoms with Gasteiger partial charge < -0.3 is 30.7 Å². The molecule has 164 valence electrons. The quantitative estimate of drug-likeness (QED) is 0.285. The first kappa shape index (κ1) is 24.9. The average Bonchev–Trinajstić information content (AvgIpc) is 2.72. The number of nitrogens with zero attached hydrogens (tertiary/aromatic N) is 2. The van der Waals surface area contributed by atoms with Crippen molar-refractivity contribution in [3.63, 3.8) is 0 Å². The lowest BCUT2D eigenvalue weighted by Gasteiger charge is -2.18. The molecule has 0 bridgehead atoms. The number of hydrogen-bond donors (Lipinski definition) is 4. The third-order valence-electron chi connectivity index (χ3n) is 4.09. The summed E-state index contributed by atoms with van der Waals surface area (Å²) >= 11 is 0. The first-order valence-corrected chi connectivity index (χ1v) is 9.87. The number of ether oxygens (including phenoxy) is 2. The van der Waals surface area contributed by atoms with E-state index in [1.54, 1.807) is 38.6 Å². The van der Waals surface area contributed by atoms with Crippen molar-refractivity contribution in [2.45, 2.75) is 26.2 Å². The molecule has 9 nitrogen and oxygen atoms in total. The van der Waals surface area contributed by atoms with Crippen LogP contribution in [0.3, 0.4) is 0 Å². The molecule has 0 unspecified atom stereocenters. The number of carbonyl (C=O) groups is 1. The van der Waals surface area contributed by atoms with Crippen LogP contribution in [0.4, 0.5) is 0 Å². The van der Waals surface area contributed by atoms with Crippen molar-refractivity contribution in [3.05, 3.63) is 47.1 Å². The molecule has 1 aromatic carbocycles. The summed E-state index contributed by atoms with van der Waals surface area (Å²) in [4.78, 5) is 14.1. The van der Waals surface area contributed by atoms with Gasteiger partial charge in [0.2, 0.25) is 7.98 Å². The molecule has 0 atom stereocenters. The smallest absolute Gasteiger partial charge is 0.251 e. The first-order valence-electron chi connectivity index (χ1n) is 9.87. The maximum absolute atomic E-state index is 12.3. The number of amides is 1. The van der Waals surface area contributed by atoms with Gasteiger partial charge >= 0.3 is 0 Å². The van der Waals surface area contributed by atoms with Gasteiger partial charge in [0.1, 0.15) is 30.4 Å². The fourth-order valence-corrected chi connectivity index (χ4v) is 2.71. The summed E-state index contributed by atoms with van der Waals surface area (Å²) < 4.78 is 11.9. The van der Waals surface area contributed by atoms with E-state index in [0.717, 1.165) is 24.8 Å². The van der Waals surface area contributed by atoms with Gasteiger partial charge in [0.15, 0.2) is 0 Å². The second-order valence-electron chi connectivity index (χ2n) is 6.91. The predicted octanol–water partition coefficient (Wildman–Crippen LogP) is 1.52. The van der Waals surface area contributed by atoms with Crippen molar-refractivity contribution in [3.8, 4) is 11.5 Å². The lowest BCUT2D eigenvalue weighted by atomic mass is 10.0. The number of rotatable bonds is 13. The largest absolute Gasteiger partial charge is 0.487 e. The van der Waals surface area contributed by atoms with E-state index in [9.17, 15) is 4.79 Å². The zero-order valence-electron chi connectivity index (χ0n) is 18.5. The maximum atomic E-state index is 12.3. The fraction of sp³-hybridized carbons (Fsp3) is 0.450. The molecule has 0 aliphatic heterocycles. The van der Waals surface area contributed by atoms with Gasteiger partial charge in [-0.25, -0.2) is 5.53 Å². The SMILES string of the molecule is BN(C)/C=C(\N)COc1cc(C(=O)NC)cc(OC/C(=C/NC)N=N)c1CCCC. The van der Waals surface area contributed by atoms with Crippen molar-refractivity contribution < 1.29 is 14.3 Å². The summed E-state index contributed by atoms with van der Waals surface area (Å²) in [5.41, 5.74) is 15.5. The summed E-state index contributed by atoms with van der Waals surface area (Å²) in [6, 6.07) is 3.40. The normalized spacial score (nSPS) is 11.6. The Morgan fingerprint density at radius 2 is 1.93 bits per heavy atom. The van der Waals surface area contributed by atoms with Crippen LogP contribution in [0.2, 0.25) is 0 Å². The third-order valence-corrected chi connectivity index (χ3v) is 4.09. The molecule has 5 N–H and O–H groups in total. The van der Waals surface area contributed by atoms with Crippen LogP contribution in [-0.4, -0.2) is 53.1 Å². The average molecular weight is 416 g/mol. The van der Waals surface area contributed by atoms with Crippen LogP contribution in [0.25, 0.3) is 0 Å². The van der Waals surface area contributed by atoms with Gasteiger partial charge in [-0.15, -0.1) is 0 Å². The van der Waals surface area contributed by atoms with E-state index in [4.69, 9.17) is 20.7 Å². The third kappa shape index (κ3) is 8.06. The van der Waals surface area contributed by atoms with Crippen LogP contribution in [0.15, 0.2) is 41.0 Å². The molecular weight excluding hydrogens is 383 g/mol. The van der Waals surface area contributed by atoms with E-state index in [-0.39, 0.29) is 19.1 Å². The van der Waals surface area contributed by atoms with Crippen LogP contribution < -0.4 is 25.8 Å². The van der Waals surface area contributed by atoms with Gasteiger partial charge in [-0.1, -0.05) is 13.3 Å². The van der Waals surface area contributed by atoms with Gasteiger partial charge in [-0.05, 0) is 32.0 Å². The Hall–Kier alpha value is -3.17. The number of benzene rings is 1. The molecule has 0 radical (unpaired) electrons. The van der Waals surface area contributed by atoms with Crippen LogP contribution in [0.1, 0.15) is 35.7 Å². The van der Waals surface area contributed by atoms with Crippen molar-refractivity contribution in [1.29, 1.82) is 5.53 Å². The molecule has 0 saturated carbocycles. The summed E-state index contributed by atoms with van der Waals surface area (Å²) in [7, 11) is 7.05. The Balaban J connectivity index is 3.33. The molecule has 0 heterocycles. The highest BCUT2D eigenvalue weighted by Gasteiger charge is 2.17. The summed E-state index contributed by atoms with van der Waals surface area (Å²) in [6.45, 7) is 2.37. The molecule has 30 heavy (non-hydrogen) atoms. The van der Waals surface area contributed by atoms with E-state index in [0.29, 0.717) is 28.5 Å². The molecule has 0 spiro atoms. The van der Waals surface area contributed by atoms with Gasteiger partial charge in [-0.2, -0.15) is 5.11 Å². The zero-order valence-corrected chi connectivity index (χ0v) is 18.5. The molecule has 1 rings (SSSR count). The highest BCUT2D eigenvalue weighted by molar-refractivity contribution is 6.04. The Morgan fingerprint density at radius 1 is 1.30 bits per heavy atom. The molecule has 0 saturated heterocycles. The minimum absolute atomic E-state index is 0.0861. The number of carbonyl (C=O) groups excluding carboxylic acids is 1. The topological polar surface area (TPSA) is 125 Å². The van der Waals surface area contributed by atoms with E-state index in [2.05, 4.69) is 22.7 Å². The maximum Gasteiger partial charge on any atom is 0.251 e. The zero-order chi connectivity index (χ0) is 22.5. The molecule has 1 aromatic rings. The molecule has 0 aromatic heterocycles. The van der Waals surface area contributed by atoms with Crippen molar-refractivity contribution in [1.82, 2.24) is 15.4 Å². The monoisotopic (exact) mass is 416 g/mol. The van der Waals surface area contributed by atoms with Crippen molar-refractivity contribution in [2.75, 3.05) is 34.4 Å². The molecule has 0 fully saturated rings. The van der Waals surface area contributed by atoms with Gasteiger partial charge in [0.05, 0.1) is 5.70 Å². The van der Waals surface area contributed by atoms with E-state index < -0.39 is 0 Å². The van der Waals surface area contributed by atoms with E-state index in [1.165, 1.54) is 0 Å². The molecule has 0 aliphatic carbocycles. The number of nitrogens with one attached hydrogen (secondary N) is 3. The second-order valence-corrected chi connectivity index (χ2v) is 6.91. The van der Waals surface area contributed by atoms with Crippen molar-refractivity contribution in [2.24, 2.45) is 10.8 Å².